The normalized spacial score (nSPS) is 11.9. The summed E-state index contributed by atoms with van der Waals surface area (Å²) in [4.78, 5) is 24.6. The molecule has 1 aromatic heterocycles. The largest absolute Gasteiger partial charge is 0.467 e. The Morgan fingerprint density at radius 2 is 2.19 bits per heavy atom. The summed E-state index contributed by atoms with van der Waals surface area (Å²) >= 11 is 1.61. The fourth-order valence-corrected chi connectivity index (χ4v) is 2.31. The zero-order valence-corrected chi connectivity index (χ0v) is 10.4. The first-order valence-electron chi connectivity index (χ1n) is 4.93. The van der Waals surface area contributed by atoms with Crippen molar-refractivity contribution in [2.45, 2.75) is 26.3 Å². The van der Waals surface area contributed by atoms with Crippen LogP contribution in [-0.4, -0.2) is 25.0 Å². The number of nitrogens with one attached hydrogen (secondary N) is 1. The van der Waals surface area contributed by atoms with Crippen LogP contribution in [0.1, 0.15) is 16.7 Å². The molecule has 0 aliphatic rings. The molecule has 1 rings (SSSR count). The number of carbonyl (C=O) groups excluding carboxylic acids is 2. The number of ether oxygens (including phenoxy) is 1. The van der Waals surface area contributed by atoms with Gasteiger partial charge in [-0.25, -0.2) is 4.79 Å². The van der Waals surface area contributed by atoms with Gasteiger partial charge in [0.15, 0.2) is 0 Å². The second-order valence-corrected chi connectivity index (χ2v) is 4.87. The molecule has 0 bridgehead atoms. The monoisotopic (exact) mass is 241 g/mol. The van der Waals surface area contributed by atoms with Gasteiger partial charge < -0.3 is 10.1 Å². The quantitative estimate of drug-likeness (QED) is 0.808. The lowest BCUT2D eigenvalue weighted by Crippen LogP contribution is -2.41. The molecule has 0 aliphatic carbocycles. The Labute approximate surface area is 98.6 Å². The van der Waals surface area contributed by atoms with Crippen LogP contribution in [0.3, 0.4) is 0 Å². The summed E-state index contributed by atoms with van der Waals surface area (Å²) < 4.78 is 4.64. The third-order valence-corrected chi connectivity index (χ3v) is 3.09. The first kappa shape index (κ1) is 12.7. The number of methoxy groups -OCH3 is 1. The molecule has 0 saturated heterocycles. The van der Waals surface area contributed by atoms with Gasteiger partial charge in [-0.3, -0.25) is 4.79 Å². The minimum atomic E-state index is -0.597. The smallest absolute Gasteiger partial charge is 0.328 e. The van der Waals surface area contributed by atoms with Crippen molar-refractivity contribution in [3.05, 3.63) is 21.9 Å². The number of thiophene rings is 1. The van der Waals surface area contributed by atoms with Gasteiger partial charge >= 0.3 is 5.97 Å². The molecular weight excluding hydrogens is 226 g/mol. The Bertz CT molecular complexity index is 386. The van der Waals surface area contributed by atoms with Crippen molar-refractivity contribution in [1.29, 1.82) is 0 Å². The number of hydrogen-bond donors (Lipinski definition) is 1. The van der Waals surface area contributed by atoms with Crippen molar-refractivity contribution in [3.63, 3.8) is 0 Å². The minimum Gasteiger partial charge on any atom is -0.467 e. The van der Waals surface area contributed by atoms with Gasteiger partial charge in [-0.05, 0) is 19.1 Å². The molecule has 0 radical (unpaired) electrons. The van der Waals surface area contributed by atoms with Crippen molar-refractivity contribution in [1.82, 2.24) is 5.32 Å². The maximum absolute atomic E-state index is 11.4. The van der Waals surface area contributed by atoms with E-state index in [9.17, 15) is 9.59 Å². The van der Waals surface area contributed by atoms with Crippen molar-refractivity contribution in [3.8, 4) is 0 Å². The molecule has 0 saturated carbocycles. The summed E-state index contributed by atoms with van der Waals surface area (Å²) in [5.41, 5.74) is 0. The SMILES string of the molecule is COC(=O)[C@H](Cc1ccc(C)s1)NC(C)=O. The van der Waals surface area contributed by atoms with Gasteiger partial charge in [0.05, 0.1) is 7.11 Å². The van der Waals surface area contributed by atoms with E-state index in [1.807, 2.05) is 19.1 Å². The summed E-state index contributed by atoms with van der Waals surface area (Å²) in [6, 6.07) is 3.35. The van der Waals surface area contributed by atoms with Crippen LogP contribution < -0.4 is 5.32 Å². The molecule has 1 N–H and O–H groups in total. The van der Waals surface area contributed by atoms with E-state index in [4.69, 9.17) is 0 Å². The van der Waals surface area contributed by atoms with E-state index in [0.29, 0.717) is 6.42 Å². The maximum atomic E-state index is 11.4. The van der Waals surface area contributed by atoms with E-state index in [1.54, 1.807) is 11.3 Å². The topological polar surface area (TPSA) is 55.4 Å². The molecule has 0 spiro atoms. The molecule has 1 heterocycles. The van der Waals surface area contributed by atoms with Gasteiger partial charge in [-0.15, -0.1) is 11.3 Å². The van der Waals surface area contributed by atoms with Crippen molar-refractivity contribution in [2.75, 3.05) is 7.11 Å². The number of rotatable bonds is 4. The predicted molar refractivity (Wildman–Crippen MR) is 62.4 cm³/mol. The standard InChI is InChI=1S/C11H15NO3S/c1-7-4-5-9(16-7)6-10(11(14)15-3)12-8(2)13/h4-5,10H,6H2,1-3H3,(H,12,13)/t10-/m0/s1. The summed E-state index contributed by atoms with van der Waals surface area (Å²) in [5, 5.41) is 2.58. The van der Waals surface area contributed by atoms with Crippen LogP contribution in [0, 0.1) is 6.92 Å². The molecule has 5 heteroatoms. The number of carbonyl (C=O) groups is 2. The molecule has 0 fully saturated rings. The van der Waals surface area contributed by atoms with E-state index in [0.717, 1.165) is 4.88 Å². The van der Waals surface area contributed by atoms with Gasteiger partial charge in [0.25, 0.3) is 0 Å². The first-order valence-corrected chi connectivity index (χ1v) is 5.75. The van der Waals surface area contributed by atoms with E-state index in [2.05, 4.69) is 10.1 Å². The van der Waals surface area contributed by atoms with Gasteiger partial charge in [-0.1, -0.05) is 0 Å². The molecule has 4 nitrogen and oxygen atoms in total. The summed E-state index contributed by atoms with van der Waals surface area (Å²) in [6.07, 6.45) is 0.477. The lowest BCUT2D eigenvalue weighted by Gasteiger charge is -2.14. The number of amides is 1. The van der Waals surface area contributed by atoms with Crippen LogP contribution in [-0.2, 0) is 20.7 Å². The average molecular weight is 241 g/mol. The number of aryl methyl sites for hydroxylation is 1. The van der Waals surface area contributed by atoms with Crippen molar-refractivity contribution in [2.24, 2.45) is 0 Å². The summed E-state index contributed by atoms with van der Waals surface area (Å²) in [6.45, 7) is 3.38. The zero-order valence-electron chi connectivity index (χ0n) is 9.57. The Balaban J connectivity index is 2.70. The van der Waals surface area contributed by atoms with Gasteiger partial charge in [-0.2, -0.15) is 0 Å². The van der Waals surface area contributed by atoms with E-state index in [-0.39, 0.29) is 5.91 Å². The Hall–Kier alpha value is -1.36. The van der Waals surface area contributed by atoms with Crippen LogP contribution in [0.4, 0.5) is 0 Å². The third kappa shape index (κ3) is 3.66. The van der Waals surface area contributed by atoms with Crippen molar-refractivity contribution < 1.29 is 14.3 Å². The first-order chi connectivity index (χ1) is 7.52. The molecule has 0 aliphatic heterocycles. The lowest BCUT2D eigenvalue weighted by atomic mass is 10.2. The van der Waals surface area contributed by atoms with Crippen LogP contribution >= 0.6 is 11.3 Å². The highest BCUT2D eigenvalue weighted by atomic mass is 32.1. The van der Waals surface area contributed by atoms with Gasteiger partial charge in [0.2, 0.25) is 5.91 Å². The van der Waals surface area contributed by atoms with Crippen molar-refractivity contribution >= 4 is 23.2 Å². The second-order valence-electron chi connectivity index (χ2n) is 3.49. The molecular formula is C11H15NO3S. The van der Waals surface area contributed by atoms with Crippen LogP contribution in [0.15, 0.2) is 12.1 Å². The van der Waals surface area contributed by atoms with Crippen LogP contribution in [0.25, 0.3) is 0 Å². The molecule has 0 aromatic carbocycles. The Morgan fingerprint density at radius 3 is 2.62 bits per heavy atom. The zero-order chi connectivity index (χ0) is 12.1. The molecule has 88 valence electrons. The Morgan fingerprint density at radius 1 is 1.50 bits per heavy atom. The van der Waals surface area contributed by atoms with Gasteiger partial charge in [0, 0.05) is 23.1 Å². The summed E-state index contributed by atoms with van der Waals surface area (Å²) in [5.74, 6) is -0.648. The summed E-state index contributed by atoms with van der Waals surface area (Å²) in [7, 11) is 1.32. The number of esters is 1. The third-order valence-electron chi connectivity index (χ3n) is 2.06. The van der Waals surface area contributed by atoms with Gasteiger partial charge in [0.1, 0.15) is 6.04 Å². The highest BCUT2D eigenvalue weighted by molar-refractivity contribution is 7.11. The van der Waals surface area contributed by atoms with E-state index < -0.39 is 12.0 Å². The maximum Gasteiger partial charge on any atom is 0.328 e. The van der Waals surface area contributed by atoms with E-state index in [1.165, 1.54) is 18.9 Å². The lowest BCUT2D eigenvalue weighted by molar-refractivity contribution is -0.144. The molecule has 16 heavy (non-hydrogen) atoms. The predicted octanol–water partition coefficient (Wildman–Crippen LogP) is 1.28. The molecule has 1 atom stereocenters. The Kier molecular flexibility index (Phi) is 4.49. The van der Waals surface area contributed by atoms with E-state index >= 15 is 0 Å². The highest BCUT2D eigenvalue weighted by Gasteiger charge is 2.20. The molecule has 0 unspecified atom stereocenters. The van der Waals surface area contributed by atoms with Crippen LogP contribution in [0.2, 0.25) is 0 Å². The second kappa shape index (κ2) is 5.65. The molecule has 1 amide bonds. The average Bonchev–Trinajstić information content (AvgIpc) is 2.61. The van der Waals surface area contributed by atoms with Crippen LogP contribution in [0.5, 0.6) is 0 Å². The highest BCUT2D eigenvalue weighted by Crippen LogP contribution is 2.17. The minimum absolute atomic E-state index is 0.233. The number of hydrogen-bond acceptors (Lipinski definition) is 4. The fraction of sp³-hybridized carbons (Fsp3) is 0.455. The fourth-order valence-electron chi connectivity index (χ4n) is 1.38. The molecule has 1 aromatic rings.